The van der Waals surface area contributed by atoms with Gasteiger partial charge in [-0.25, -0.2) is 14.4 Å². The van der Waals surface area contributed by atoms with E-state index in [4.69, 9.17) is 0 Å². The van der Waals surface area contributed by atoms with Crippen molar-refractivity contribution in [1.82, 2.24) is 19.8 Å². The van der Waals surface area contributed by atoms with Crippen LogP contribution in [0.4, 0.5) is 4.39 Å². The number of aryl methyl sites for hydroxylation is 1. The molecule has 3 amide bonds. The van der Waals surface area contributed by atoms with Crippen molar-refractivity contribution in [3.63, 3.8) is 0 Å². The van der Waals surface area contributed by atoms with Crippen LogP contribution in [0.5, 0.6) is 5.75 Å². The molecule has 0 saturated carbocycles. The first kappa shape index (κ1) is 29.5. The molecule has 1 N–H and O–H groups in total. The zero-order valence-electron chi connectivity index (χ0n) is 23.6. The molecule has 9 nitrogen and oxygen atoms in total. The van der Waals surface area contributed by atoms with Crippen molar-refractivity contribution in [1.29, 1.82) is 5.26 Å². The Labute approximate surface area is 249 Å². The first-order chi connectivity index (χ1) is 20.8. The number of nitrogens with zero attached hydrogens (tertiary/aromatic N) is 5. The molecule has 0 bridgehead atoms. The van der Waals surface area contributed by atoms with Crippen molar-refractivity contribution >= 4 is 17.7 Å². The molecular formula is C33H32FN5O4. The summed E-state index contributed by atoms with van der Waals surface area (Å²) in [5, 5.41) is 22.3. The molecule has 5 rings (SSSR count). The van der Waals surface area contributed by atoms with Crippen LogP contribution in [0.1, 0.15) is 28.7 Å². The van der Waals surface area contributed by atoms with Crippen molar-refractivity contribution < 1.29 is 23.9 Å². The highest BCUT2D eigenvalue weighted by Gasteiger charge is 2.51. The van der Waals surface area contributed by atoms with Crippen molar-refractivity contribution in [2.75, 3.05) is 19.6 Å². The molecule has 2 fully saturated rings. The van der Waals surface area contributed by atoms with Gasteiger partial charge in [-0.3, -0.25) is 14.4 Å². The van der Waals surface area contributed by atoms with E-state index in [2.05, 4.69) is 6.58 Å². The first-order valence-electron chi connectivity index (χ1n) is 14.1. The molecular weight excluding hydrogens is 549 g/mol. The second kappa shape index (κ2) is 12.9. The van der Waals surface area contributed by atoms with E-state index in [0.717, 1.165) is 5.56 Å². The fourth-order valence-corrected chi connectivity index (χ4v) is 5.76. The van der Waals surface area contributed by atoms with Crippen molar-refractivity contribution in [3.8, 4) is 11.8 Å². The lowest BCUT2D eigenvalue weighted by Gasteiger charge is -2.55. The maximum Gasteiger partial charge on any atom is 0.246 e. The van der Waals surface area contributed by atoms with Gasteiger partial charge < -0.3 is 14.9 Å². The van der Waals surface area contributed by atoms with Crippen LogP contribution in [0.25, 0.3) is 0 Å². The smallest absolute Gasteiger partial charge is 0.246 e. The van der Waals surface area contributed by atoms with Crippen LogP contribution in [0.15, 0.2) is 85.5 Å². The minimum absolute atomic E-state index is 0.0441. The van der Waals surface area contributed by atoms with Crippen molar-refractivity contribution in [2.24, 2.45) is 0 Å². The lowest BCUT2D eigenvalue weighted by molar-refractivity contribution is -0.205. The number of benzene rings is 3. The van der Waals surface area contributed by atoms with Gasteiger partial charge in [0, 0.05) is 31.5 Å². The van der Waals surface area contributed by atoms with Gasteiger partial charge in [0.25, 0.3) is 0 Å². The van der Waals surface area contributed by atoms with Crippen LogP contribution in [0, 0.1) is 17.1 Å². The van der Waals surface area contributed by atoms with E-state index in [0.29, 0.717) is 12.0 Å². The average molecular weight is 582 g/mol. The zero-order chi connectivity index (χ0) is 30.5. The molecule has 43 heavy (non-hydrogen) atoms. The molecule has 3 aromatic rings. The Balaban J connectivity index is 1.52. The van der Waals surface area contributed by atoms with Gasteiger partial charge in [0.05, 0.1) is 18.7 Å². The summed E-state index contributed by atoms with van der Waals surface area (Å²) in [5.74, 6) is -1.57. The Bertz CT molecular complexity index is 1560. The number of hydrogen-bond acceptors (Lipinski definition) is 6. The molecule has 220 valence electrons. The minimum Gasteiger partial charge on any atom is -0.508 e. The molecule has 2 aliphatic heterocycles. The predicted molar refractivity (Wildman–Crippen MR) is 156 cm³/mol. The molecule has 2 heterocycles. The Hall–Kier alpha value is -5.01. The van der Waals surface area contributed by atoms with Crippen LogP contribution in [0.3, 0.4) is 0 Å². The van der Waals surface area contributed by atoms with Gasteiger partial charge in [0.1, 0.15) is 29.8 Å². The highest BCUT2D eigenvalue weighted by molar-refractivity contribution is 5.92. The van der Waals surface area contributed by atoms with Crippen LogP contribution in [-0.2, 0) is 33.8 Å². The summed E-state index contributed by atoms with van der Waals surface area (Å²) in [6, 6.07) is 21.3. The summed E-state index contributed by atoms with van der Waals surface area (Å²) >= 11 is 0. The molecule has 0 aromatic heterocycles. The van der Waals surface area contributed by atoms with Crippen LogP contribution in [-0.4, -0.2) is 74.5 Å². The van der Waals surface area contributed by atoms with E-state index in [9.17, 15) is 24.8 Å². The fraction of sp³-hybridized carbons (Fsp3) is 0.273. The van der Waals surface area contributed by atoms with Gasteiger partial charge >= 0.3 is 0 Å². The molecule has 0 spiro atoms. The lowest BCUT2D eigenvalue weighted by Crippen LogP contribution is -2.75. The molecule has 0 unspecified atom stereocenters. The number of fused-ring (bicyclic) bond motifs is 1. The number of halogens is 1. The standard InChI is InChI=1S/C33H32FN5O4/c1-2-17-37-22-31(42)38-28(18-24-11-14-27(40)15-12-24)33(43)36(20-26-10-6-9-25(19-35)32(26)34)21-29(38)39(37)30(41)16-13-23-7-4-3-5-8-23/h2-12,14-15,28-29,40H,1,13,16-18,20-22H2/t28-,29-/m0/s1. The normalized spacial score (nSPS) is 18.7. The SMILES string of the molecule is C=CCN1CC(=O)N2[C@@H](Cc3ccc(O)cc3)C(=O)N(Cc3cccc(C#N)c3F)C[C@@H]2N1C(=O)CCc1ccccc1. The van der Waals surface area contributed by atoms with Crippen LogP contribution < -0.4 is 0 Å². The number of nitriles is 1. The van der Waals surface area contributed by atoms with Crippen LogP contribution >= 0.6 is 0 Å². The second-order valence-electron chi connectivity index (χ2n) is 10.6. The number of phenolic OH excluding ortho intramolecular Hbond substituents is 1. The van der Waals surface area contributed by atoms with E-state index < -0.39 is 23.9 Å². The van der Waals surface area contributed by atoms with E-state index >= 15 is 4.39 Å². The fourth-order valence-electron chi connectivity index (χ4n) is 5.76. The maximum atomic E-state index is 15.1. The Kier molecular flexibility index (Phi) is 8.83. The Morgan fingerprint density at radius 1 is 1.05 bits per heavy atom. The van der Waals surface area contributed by atoms with Crippen LogP contribution in [0.2, 0.25) is 0 Å². The van der Waals surface area contributed by atoms with Crippen molar-refractivity contribution in [3.05, 3.63) is 114 Å². The second-order valence-corrected chi connectivity index (χ2v) is 10.6. The van der Waals surface area contributed by atoms with Gasteiger partial charge in [-0.05, 0) is 35.7 Å². The third kappa shape index (κ3) is 6.27. The van der Waals surface area contributed by atoms with Gasteiger partial charge in [0.15, 0.2) is 0 Å². The maximum absolute atomic E-state index is 15.1. The zero-order valence-corrected chi connectivity index (χ0v) is 23.6. The summed E-state index contributed by atoms with van der Waals surface area (Å²) in [6.45, 7) is 3.74. The molecule has 3 aromatic carbocycles. The lowest BCUT2D eigenvalue weighted by atomic mass is 9.97. The topological polar surface area (TPSA) is 108 Å². The van der Waals surface area contributed by atoms with Crippen molar-refractivity contribution in [2.45, 2.75) is 38.0 Å². The number of aromatic hydroxyl groups is 1. The number of amides is 3. The van der Waals surface area contributed by atoms with Gasteiger partial charge in [-0.15, -0.1) is 6.58 Å². The van der Waals surface area contributed by atoms with Gasteiger partial charge in [-0.2, -0.15) is 5.26 Å². The molecule has 10 heteroatoms. The summed E-state index contributed by atoms with van der Waals surface area (Å²) in [6.07, 6.45) is 1.57. The van der Waals surface area contributed by atoms with Gasteiger partial charge in [0.2, 0.25) is 17.7 Å². The third-order valence-electron chi connectivity index (χ3n) is 7.82. The largest absolute Gasteiger partial charge is 0.508 e. The third-order valence-corrected chi connectivity index (χ3v) is 7.82. The summed E-state index contributed by atoms with van der Waals surface area (Å²) in [7, 11) is 0. The molecule has 2 aliphatic rings. The summed E-state index contributed by atoms with van der Waals surface area (Å²) < 4.78 is 15.1. The van der Waals surface area contributed by atoms with E-state index in [1.54, 1.807) is 34.3 Å². The predicted octanol–water partition coefficient (Wildman–Crippen LogP) is 3.39. The summed E-state index contributed by atoms with van der Waals surface area (Å²) in [5.41, 5.74) is 1.73. The minimum atomic E-state index is -0.978. The molecule has 2 saturated heterocycles. The highest BCUT2D eigenvalue weighted by atomic mass is 19.1. The molecule has 0 aliphatic carbocycles. The van der Waals surface area contributed by atoms with E-state index in [-0.39, 0.29) is 67.7 Å². The Morgan fingerprint density at radius 3 is 2.49 bits per heavy atom. The number of carbonyl (C=O) groups excluding carboxylic acids is 3. The highest BCUT2D eigenvalue weighted by Crippen LogP contribution is 2.30. The first-order valence-corrected chi connectivity index (χ1v) is 14.1. The average Bonchev–Trinajstić information content (AvgIpc) is 3.00. The molecule has 0 radical (unpaired) electrons. The monoisotopic (exact) mass is 581 g/mol. The number of piperazine rings is 1. The Morgan fingerprint density at radius 2 is 1.79 bits per heavy atom. The van der Waals surface area contributed by atoms with E-state index in [1.807, 2.05) is 36.4 Å². The number of hydrazine groups is 1. The van der Waals surface area contributed by atoms with Gasteiger partial charge in [-0.1, -0.05) is 60.7 Å². The summed E-state index contributed by atoms with van der Waals surface area (Å²) in [4.78, 5) is 44.5. The molecule has 2 atom stereocenters. The number of phenols is 1. The number of hydrogen-bond donors (Lipinski definition) is 1. The quantitative estimate of drug-likeness (QED) is 0.388. The van der Waals surface area contributed by atoms with E-state index in [1.165, 1.54) is 34.1 Å². The number of rotatable bonds is 9. The number of carbonyl (C=O) groups is 3.